The highest BCUT2D eigenvalue weighted by molar-refractivity contribution is 5.74. The van der Waals surface area contributed by atoms with Gasteiger partial charge in [0.1, 0.15) is 0 Å². The zero-order chi connectivity index (χ0) is 9.26. The number of amides is 1. The van der Waals surface area contributed by atoms with Crippen LogP contribution in [0.4, 0.5) is 0 Å². The number of hydrogen-bond donors (Lipinski definition) is 0. The van der Waals surface area contributed by atoms with Gasteiger partial charge >= 0.3 is 0 Å². The van der Waals surface area contributed by atoms with E-state index >= 15 is 0 Å². The average Bonchev–Trinajstić information content (AvgIpc) is 2.02. The lowest BCUT2D eigenvalue weighted by molar-refractivity contribution is -0.136. The maximum atomic E-state index is 11.1. The molecule has 1 fully saturated rings. The van der Waals surface area contributed by atoms with Crippen LogP contribution >= 0.6 is 0 Å². The number of likely N-dealkylation sites (tertiary alicyclic amines) is 1. The lowest BCUT2D eigenvalue weighted by Gasteiger charge is -2.40. The molecule has 1 aromatic carbocycles. The minimum Gasteiger partial charge on any atom is -0.336 e. The molecule has 2 heteroatoms. The van der Waals surface area contributed by atoms with Crippen LogP contribution in [0, 0.1) is 0 Å². The van der Waals surface area contributed by atoms with Crippen molar-refractivity contribution in [3.63, 3.8) is 0 Å². The standard InChI is InChI=1S/C11H13NO/c1-9(13)12-8-7-11(12)10-5-3-2-4-6-10/h2-6,11H,7-8H2,1H3. The van der Waals surface area contributed by atoms with Gasteiger partial charge in [-0.3, -0.25) is 4.79 Å². The molecular formula is C11H13NO. The molecule has 0 saturated carbocycles. The molecule has 68 valence electrons. The van der Waals surface area contributed by atoms with Crippen molar-refractivity contribution >= 4 is 5.91 Å². The number of benzene rings is 1. The summed E-state index contributed by atoms with van der Waals surface area (Å²) in [5.41, 5.74) is 1.25. The normalized spacial score (nSPS) is 21.0. The molecule has 1 atom stereocenters. The maximum Gasteiger partial charge on any atom is 0.219 e. The van der Waals surface area contributed by atoms with Gasteiger partial charge in [0.05, 0.1) is 6.04 Å². The zero-order valence-electron chi connectivity index (χ0n) is 7.73. The van der Waals surface area contributed by atoms with E-state index in [0.717, 1.165) is 13.0 Å². The van der Waals surface area contributed by atoms with Gasteiger partial charge < -0.3 is 4.90 Å². The van der Waals surface area contributed by atoms with E-state index in [1.54, 1.807) is 6.92 Å². The summed E-state index contributed by atoms with van der Waals surface area (Å²) >= 11 is 0. The molecule has 0 bridgehead atoms. The van der Waals surface area contributed by atoms with Crippen molar-refractivity contribution in [3.05, 3.63) is 35.9 Å². The molecule has 0 spiro atoms. The summed E-state index contributed by atoms with van der Waals surface area (Å²) in [6, 6.07) is 10.5. The average molecular weight is 175 g/mol. The Morgan fingerprint density at radius 3 is 2.54 bits per heavy atom. The third-order valence-corrected chi connectivity index (χ3v) is 2.61. The van der Waals surface area contributed by atoms with Gasteiger partial charge in [0.15, 0.2) is 0 Å². The molecule has 2 nitrogen and oxygen atoms in total. The second kappa shape index (κ2) is 3.21. The Morgan fingerprint density at radius 1 is 1.38 bits per heavy atom. The number of hydrogen-bond acceptors (Lipinski definition) is 1. The molecule has 2 rings (SSSR count). The largest absolute Gasteiger partial charge is 0.336 e. The Kier molecular flexibility index (Phi) is 2.05. The second-order valence-electron chi connectivity index (χ2n) is 3.43. The molecule has 1 aliphatic rings. The van der Waals surface area contributed by atoms with E-state index in [1.165, 1.54) is 5.56 Å². The topological polar surface area (TPSA) is 20.3 Å². The summed E-state index contributed by atoms with van der Waals surface area (Å²) < 4.78 is 0. The molecule has 1 aliphatic heterocycles. The molecule has 1 heterocycles. The highest BCUT2D eigenvalue weighted by Gasteiger charge is 2.30. The zero-order valence-corrected chi connectivity index (χ0v) is 7.73. The molecular weight excluding hydrogens is 162 g/mol. The van der Waals surface area contributed by atoms with Crippen LogP contribution in [0.1, 0.15) is 24.9 Å². The van der Waals surface area contributed by atoms with Crippen molar-refractivity contribution in [1.82, 2.24) is 4.90 Å². The van der Waals surface area contributed by atoms with Crippen molar-refractivity contribution in [2.75, 3.05) is 6.54 Å². The first-order chi connectivity index (χ1) is 6.29. The Morgan fingerprint density at radius 2 is 2.08 bits per heavy atom. The first-order valence-electron chi connectivity index (χ1n) is 4.61. The second-order valence-corrected chi connectivity index (χ2v) is 3.43. The van der Waals surface area contributed by atoms with Crippen LogP contribution in [0.2, 0.25) is 0 Å². The van der Waals surface area contributed by atoms with Crippen LogP contribution in [-0.4, -0.2) is 17.4 Å². The summed E-state index contributed by atoms with van der Waals surface area (Å²) in [5.74, 6) is 0.181. The maximum absolute atomic E-state index is 11.1. The van der Waals surface area contributed by atoms with Gasteiger partial charge in [0.25, 0.3) is 0 Å². The third-order valence-electron chi connectivity index (χ3n) is 2.61. The van der Waals surface area contributed by atoms with Crippen LogP contribution < -0.4 is 0 Å². The molecule has 1 saturated heterocycles. The minimum atomic E-state index is 0.181. The fourth-order valence-electron chi connectivity index (χ4n) is 1.79. The number of carbonyl (C=O) groups is 1. The highest BCUT2D eigenvalue weighted by Crippen LogP contribution is 2.32. The molecule has 0 radical (unpaired) electrons. The summed E-state index contributed by atoms with van der Waals surface area (Å²) in [4.78, 5) is 13.0. The van der Waals surface area contributed by atoms with Gasteiger partial charge in [0, 0.05) is 13.5 Å². The lowest BCUT2D eigenvalue weighted by atomic mass is 9.95. The Bertz CT molecular complexity index is 307. The van der Waals surface area contributed by atoms with Gasteiger partial charge in [0.2, 0.25) is 5.91 Å². The molecule has 1 amide bonds. The van der Waals surface area contributed by atoms with E-state index in [-0.39, 0.29) is 5.91 Å². The van der Waals surface area contributed by atoms with Crippen LogP contribution in [0.5, 0.6) is 0 Å². The van der Waals surface area contributed by atoms with Gasteiger partial charge in [-0.1, -0.05) is 30.3 Å². The fraction of sp³-hybridized carbons (Fsp3) is 0.364. The summed E-state index contributed by atoms with van der Waals surface area (Å²) in [6.45, 7) is 2.55. The van der Waals surface area contributed by atoms with Crippen LogP contribution in [0.15, 0.2) is 30.3 Å². The minimum absolute atomic E-state index is 0.181. The van der Waals surface area contributed by atoms with E-state index in [2.05, 4.69) is 12.1 Å². The van der Waals surface area contributed by atoms with Gasteiger partial charge in [-0.2, -0.15) is 0 Å². The van der Waals surface area contributed by atoms with E-state index in [1.807, 2.05) is 23.1 Å². The molecule has 0 N–H and O–H groups in total. The van der Waals surface area contributed by atoms with Crippen molar-refractivity contribution in [3.8, 4) is 0 Å². The van der Waals surface area contributed by atoms with Crippen molar-refractivity contribution in [2.45, 2.75) is 19.4 Å². The van der Waals surface area contributed by atoms with Crippen molar-refractivity contribution < 1.29 is 4.79 Å². The van der Waals surface area contributed by atoms with Crippen LogP contribution in [-0.2, 0) is 4.79 Å². The number of rotatable bonds is 1. The van der Waals surface area contributed by atoms with E-state index < -0.39 is 0 Å². The number of carbonyl (C=O) groups excluding carboxylic acids is 1. The van der Waals surface area contributed by atoms with Gasteiger partial charge in [-0.25, -0.2) is 0 Å². The van der Waals surface area contributed by atoms with Gasteiger partial charge in [-0.15, -0.1) is 0 Å². The SMILES string of the molecule is CC(=O)N1CCC1c1ccccc1. The summed E-state index contributed by atoms with van der Waals surface area (Å²) in [7, 11) is 0. The Balaban J connectivity index is 2.15. The van der Waals surface area contributed by atoms with Crippen LogP contribution in [0.3, 0.4) is 0 Å². The van der Waals surface area contributed by atoms with Crippen molar-refractivity contribution in [2.24, 2.45) is 0 Å². The van der Waals surface area contributed by atoms with E-state index in [0.29, 0.717) is 6.04 Å². The molecule has 1 unspecified atom stereocenters. The Hall–Kier alpha value is -1.31. The first kappa shape index (κ1) is 8.30. The summed E-state index contributed by atoms with van der Waals surface area (Å²) in [5, 5.41) is 0. The predicted octanol–water partition coefficient (Wildman–Crippen LogP) is 1.98. The van der Waals surface area contributed by atoms with Gasteiger partial charge in [-0.05, 0) is 12.0 Å². The smallest absolute Gasteiger partial charge is 0.219 e. The quantitative estimate of drug-likeness (QED) is 0.639. The van der Waals surface area contributed by atoms with Crippen LogP contribution in [0.25, 0.3) is 0 Å². The van der Waals surface area contributed by atoms with Crippen molar-refractivity contribution in [1.29, 1.82) is 0 Å². The van der Waals surface area contributed by atoms with E-state index in [4.69, 9.17) is 0 Å². The monoisotopic (exact) mass is 175 g/mol. The molecule has 13 heavy (non-hydrogen) atoms. The molecule has 1 aromatic rings. The van der Waals surface area contributed by atoms with E-state index in [9.17, 15) is 4.79 Å². The Labute approximate surface area is 78.2 Å². The first-order valence-corrected chi connectivity index (χ1v) is 4.61. The third kappa shape index (κ3) is 1.44. The fourth-order valence-corrected chi connectivity index (χ4v) is 1.79. The summed E-state index contributed by atoms with van der Waals surface area (Å²) in [6.07, 6.45) is 1.10. The molecule has 0 aromatic heterocycles. The lowest BCUT2D eigenvalue weighted by Crippen LogP contribution is -2.43. The number of nitrogens with zero attached hydrogens (tertiary/aromatic N) is 1. The predicted molar refractivity (Wildman–Crippen MR) is 51.2 cm³/mol. The molecule has 0 aliphatic carbocycles. The highest BCUT2D eigenvalue weighted by atomic mass is 16.2.